The van der Waals surface area contributed by atoms with Gasteiger partial charge >= 0.3 is 0 Å². The van der Waals surface area contributed by atoms with E-state index in [4.69, 9.17) is 0 Å². The minimum absolute atomic E-state index is 0.183. The van der Waals surface area contributed by atoms with Crippen molar-refractivity contribution in [3.63, 3.8) is 0 Å². The summed E-state index contributed by atoms with van der Waals surface area (Å²) in [5.41, 5.74) is 2.41. The van der Waals surface area contributed by atoms with Gasteiger partial charge in [0.15, 0.2) is 0 Å². The van der Waals surface area contributed by atoms with Crippen molar-refractivity contribution in [2.45, 2.75) is 44.6 Å². The van der Waals surface area contributed by atoms with Crippen LogP contribution in [0.5, 0.6) is 0 Å². The Morgan fingerprint density at radius 3 is 2.17 bits per heavy atom. The summed E-state index contributed by atoms with van der Waals surface area (Å²) in [6.45, 7) is 6.10. The molecule has 1 aliphatic rings. The molecule has 1 unspecified atom stereocenters. The van der Waals surface area contributed by atoms with Crippen LogP contribution in [0.15, 0.2) is 17.0 Å². The van der Waals surface area contributed by atoms with Crippen LogP contribution in [0.3, 0.4) is 0 Å². The maximum Gasteiger partial charge on any atom is 0.241 e. The van der Waals surface area contributed by atoms with E-state index in [1.807, 2.05) is 19.1 Å². The molecule has 0 saturated carbocycles. The molecule has 2 rings (SSSR count). The second-order valence-corrected chi connectivity index (χ2v) is 9.94. The maximum absolute atomic E-state index is 12.7. The lowest BCUT2D eigenvalue weighted by Crippen LogP contribution is -2.49. The fourth-order valence-electron chi connectivity index (χ4n) is 3.21. The molecule has 1 aromatic rings. The average Bonchev–Trinajstić information content (AvgIpc) is 2.35. The molecule has 1 atom stereocenters. The van der Waals surface area contributed by atoms with Crippen molar-refractivity contribution < 1.29 is 16.8 Å². The first-order valence-electron chi connectivity index (χ1n) is 7.56. The second-order valence-electron chi connectivity index (χ2n) is 6.31. The quantitative estimate of drug-likeness (QED) is 0.878. The van der Waals surface area contributed by atoms with Crippen molar-refractivity contribution in [2.75, 3.05) is 19.3 Å². The molecule has 0 spiro atoms. The highest BCUT2D eigenvalue weighted by Gasteiger charge is 2.30. The molecule has 1 heterocycles. The molecule has 1 fully saturated rings. The number of aryl methyl sites for hydroxylation is 3. The molecule has 6 nitrogen and oxygen atoms in total. The number of hydrogen-bond donors (Lipinski definition) is 1. The molecule has 0 aliphatic carbocycles. The summed E-state index contributed by atoms with van der Waals surface area (Å²) in [4.78, 5) is 0.291. The molecule has 0 radical (unpaired) electrons. The van der Waals surface area contributed by atoms with Crippen LogP contribution in [0.25, 0.3) is 0 Å². The first kappa shape index (κ1) is 18.4. The number of sulfonamides is 2. The SMILES string of the molecule is Cc1cc(C)c(S(=O)(=O)NC2CCCN(S(C)(=O)=O)C2)c(C)c1. The van der Waals surface area contributed by atoms with Crippen LogP contribution in [0, 0.1) is 20.8 Å². The van der Waals surface area contributed by atoms with Crippen molar-refractivity contribution >= 4 is 20.0 Å². The van der Waals surface area contributed by atoms with Crippen molar-refractivity contribution in [3.05, 3.63) is 28.8 Å². The summed E-state index contributed by atoms with van der Waals surface area (Å²) in [5, 5.41) is 0. The van der Waals surface area contributed by atoms with Gasteiger partial charge in [0.2, 0.25) is 20.0 Å². The number of hydrogen-bond acceptors (Lipinski definition) is 4. The summed E-state index contributed by atoms with van der Waals surface area (Å²) in [5.74, 6) is 0. The molecule has 1 N–H and O–H groups in total. The van der Waals surface area contributed by atoms with Crippen LogP contribution in [0.1, 0.15) is 29.5 Å². The van der Waals surface area contributed by atoms with Crippen LogP contribution >= 0.6 is 0 Å². The number of benzene rings is 1. The second kappa shape index (κ2) is 6.51. The van der Waals surface area contributed by atoms with Gasteiger partial charge in [-0.25, -0.2) is 25.9 Å². The average molecular weight is 361 g/mol. The molecule has 1 aliphatic heterocycles. The van der Waals surface area contributed by atoms with E-state index in [0.29, 0.717) is 35.4 Å². The largest absolute Gasteiger partial charge is 0.241 e. The van der Waals surface area contributed by atoms with Gasteiger partial charge in [-0.15, -0.1) is 0 Å². The summed E-state index contributed by atoms with van der Waals surface area (Å²) in [7, 11) is -6.98. The number of rotatable bonds is 4. The summed E-state index contributed by atoms with van der Waals surface area (Å²) >= 11 is 0. The van der Waals surface area contributed by atoms with Crippen LogP contribution in [0.4, 0.5) is 0 Å². The van der Waals surface area contributed by atoms with Crippen LogP contribution in [0.2, 0.25) is 0 Å². The molecule has 1 saturated heterocycles. The summed E-state index contributed by atoms with van der Waals surface area (Å²) < 4.78 is 52.8. The Labute approximate surface area is 139 Å². The molecular weight excluding hydrogens is 336 g/mol. The monoisotopic (exact) mass is 360 g/mol. The summed E-state index contributed by atoms with van der Waals surface area (Å²) in [6.07, 6.45) is 2.43. The third-order valence-corrected chi connectivity index (χ3v) is 7.14. The fourth-order valence-corrected chi connectivity index (χ4v) is 5.83. The molecule has 0 aromatic heterocycles. The van der Waals surface area contributed by atoms with Gasteiger partial charge in [0.1, 0.15) is 0 Å². The Hall–Kier alpha value is -0.960. The van der Waals surface area contributed by atoms with Gasteiger partial charge in [-0.1, -0.05) is 17.7 Å². The van der Waals surface area contributed by atoms with E-state index in [-0.39, 0.29) is 6.54 Å². The minimum Gasteiger partial charge on any atom is -0.213 e. The predicted molar refractivity (Wildman–Crippen MR) is 90.4 cm³/mol. The lowest BCUT2D eigenvalue weighted by Gasteiger charge is -2.31. The first-order valence-corrected chi connectivity index (χ1v) is 10.9. The zero-order valence-corrected chi connectivity index (χ0v) is 15.6. The van der Waals surface area contributed by atoms with Gasteiger partial charge in [-0.05, 0) is 44.7 Å². The van der Waals surface area contributed by atoms with Crippen molar-refractivity contribution in [3.8, 4) is 0 Å². The van der Waals surface area contributed by atoms with Gasteiger partial charge in [-0.3, -0.25) is 0 Å². The van der Waals surface area contributed by atoms with Crippen molar-refractivity contribution in [2.24, 2.45) is 0 Å². The highest BCUT2D eigenvalue weighted by Crippen LogP contribution is 2.23. The van der Waals surface area contributed by atoms with Gasteiger partial charge in [0.05, 0.1) is 11.2 Å². The Kier molecular flexibility index (Phi) is 5.20. The highest BCUT2D eigenvalue weighted by atomic mass is 32.2. The highest BCUT2D eigenvalue weighted by molar-refractivity contribution is 7.89. The fraction of sp³-hybridized carbons (Fsp3) is 0.600. The number of nitrogens with zero attached hydrogens (tertiary/aromatic N) is 1. The normalized spacial score (nSPS) is 20.6. The Morgan fingerprint density at radius 1 is 1.09 bits per heavy atom. The van der Waals surface area contributed by atoms with E-state index in [2.05, 4.69) is 4.72 Å². The smallest absolute Gasteiger partial charge is 0.213 e. The van der Waals surface area contributed by atoms with Crippen LogP contribution in [-0.4, -0.2) is 46.5 Å². The van der Waals surface area contributed by atoms with Crippen molar-refractivity contribution in [1.29, 1.82) is 0 Å². The lowest BCUT2D eigenvalue weighted by molar-refractivity contribution is 0.305. The summed E-state index contributed by atoms with van der Waals surface area (Å²) in [6, 6.07) is 3.28. The first-order chi connectivity index (χ1) is 10.5. The van der Waals surface area contributed by atoms with Gasteiger partial charge < -0.3 is 0 Å². The minimum atomic E-state index is -3.68. The lowest BCUT2D eigenvalue weighted by atomic mass is 10.1. The standard InChI is InChI=1S/C15H24N2O4S2/c1-11-8-12(2)15(13(3)9-11)23(20,21)16-14-6-5-7-17(10-14)22(4,18)19/h8-9,14,16H,5-7,10H2,1-4H3. The third-order valence-electron chi connectivity index (χ3n) is 4.05. The third kappa shape index (κ3) is 4.32. The van der Waals surface area contributed by atoms with Crippen LogP contribution in [-0.2, 0) is 20.0 Å². The van der Waals surface area contributed by atoms with E-state index in [0.717, 1.165) is 11.8 Å². The Morgan fingerprint density at radius 2 is 1.65 bits per heavy atom. The number of nitrogens with one attached hydrogen (secondary N) is 1. The molecule has 1 aromatic carbocycles. The van der Waals surface area contributed by atoms with Gasteiger partial charge in [-0.2, -0.15) is 0 Å². The molecule has 0 amide bonds. The van der Waals surface area contributed by atoms with E-state index < -0.39 is 26.1 Å². The molecule has 8 heteroatoms. The van der Waals surface area contributed by atoms with E-state index in [1.54, 1.807) is 13.8 Å². The maximum atomic E-state index is 12.7. The topological polar surface area (TPSA) is 83.6 Å². The molecule has 0 bridgehead atoms. The zero-order chi connectivity index (χ0) is 17.4. The Bertz CT molecular complexity index is 778. The van der Waals surface area contributed by atoms with Crippen LogP contribution < -0.4 is 4.72 Å². The van der Waals surface area contributed by atoms with E-state index in [1.165, 1.54) is 4.31 Å². The molecule has 23 heavy (non-hydrogen) atoms. The zero-order valence-electron chi connectivity index (χ0n) is 14.0. The van der Waals surface area contributed by atoms with Gasteiger partial charge in [0.25, 0.3) is 0 Å². The van der Waals surface area contributed by atoms with Gasteiger partial charge in [0, 0.05) is 19.1 Å². The van der Waals surface area contributed by atoms with E-state index in [9.17, 15) is 16.8 Å². The molecular formula is C15H24N2O4S2. The predicted octanol–water partition coefficient (Wildman–Crippen LogP) is 1.31. The number of piperidine rings is 1. The van der Waals surface area contributed by atoms with E-state index >= 15 is 0 Å². The Balaban J connectivity index is 2.25. The molecule has 130 valence electrons. The van der Waals surface area contributed by atoms with Crippen molar-refractivity contribution in [1.82, 2.24) is 9.03 Å².